The van der Waals surface area contributed by atoms with Crippen molar-refractivity contribution in [2.45, 2.75) is 6.92 Å². The van der Waals surface area contributed by atoms with Crippen molar-refractivity contribution in [3.63, 3.8) is 0 Å². The number of amides is 3. The minimum absolute atomic E-state index is 0.160. The first-order valence-corrected chi connectivity index (χ1v) is 7.11. The van der Waals surface area contributed by atoms with Crippen LogP contribution in [0, 0.1) is 0 Å². The van der Waals surface area contributed by atoms with Gasteiger partial charge in [-0.05, 0) is 36.4 Å². The van der Waals surface area contributed by atoms with Crippen molar-refractivity contribution in [1.82, 2.24) is 0 Å². The summed E-state index contributed by atoms with van der Waals surface area (Å²) in [5.41, 5.74) is 1.56. The van der Waals surface area contributed by atoms with Crippen molar-refractivity contribution >= 4 is 52.2 Å². The van der Waals surface area contributed by atoms with Crippen LogP contribution in [0.3, 0.4) is 0 Å². The Morgan fingerprint density at radius 1 is 0.818 bits per heavy atom. The Labute approximate surface area is 137 Å². The SMILES string of the molecule is CC(=O)Nc1ccc(NC(=O)Nc2c(Cl)cccc2Cl)cc1. The molecule has 0 saturated heterocycles. The second kappa shape index (κ2) is 7.15. The number of hydrogen-bond acceptors (Lipinski definition) is 2. The van der Waals surface area contributed by atoms with Crippen LogP contribution >= 0.6 is 23.2 Å². The zero-order chi connectivity index (χ0) is 16.1. The van der Waals surface area contributed by atoms with Crippen LogP contribution in [0.2, 0.25) is 10.0 Å². The van der Waals surface area contributed by atoms with Gasteiger partial charge in [-0.1, -0.05) is 29.3 Å². The van der Waals surface area contributed by atoms with Gasteiger partial charge in [0.2, 0.25) is 5.91 Å². The van der Waals surface area contributed by atoms with Crippen LogP contribution in [-0.4, -0.2) is 11.9 Å². The Morgan fingerprint density at radius 3 is 1.82 bits per heavy atom. The molecule has 0 aromatic heterocycles. The fourth-order valence-corrected chi connectivity index (χ4v) is 2.23. The van der Waals surface area contributed by atoms with E-state index in [1.807, 2.05) is 0 Å². The maximum Gasteiger partial charge on any atom is 0.323 e. The first kappa shape index (κ1) is 16.1. The first-order valence-electron chi connectivity index (χ1n) is 6.35. The molecular formula is C15H13Cl2N3O2. The molecule has 0 fully saturated rings. The fourth-order valence-electron chi connectivity index (χ4n) is 1.73. The highest BCUT2D eigenvalue weighted by Crippen LogP contribution is 2.29. The van der Waals surface area contributed by atoms with Crippen LogP contribution < -0.4 is 16.0 Å². The molecule has 0 unspecified atom stereocenters. The minimum Gasteiger partial charge on any atom is -0.326 e. The average molecular weight is 338 g/mol. The third kappa shape index (κ3) is 4.38. The van der Waals surface area contributed by atoms with E-state index >= 15 is 0 Å². The van der Waals surface area contributed by atoms with E-state index in [4.69, 9.17) is 23.2 Å². The van der Waals surface area contributed by atoms with E-state index in [1.165, 1.54) is 6.92 Å². The van der Waals surface area contributed by atoms with E-state index in [2.05, 4.69) is 16.0 Å². The van der Waals surface area contributed by atoms with E-state index in [-0.39, 0.29) is 5.91 Å². The van der Waals surface area contributed by atoms with E-state index in [1.54, 1.807) is 42.5 Å². The summed E-state index contributed by atoms with van der Waals surface area (Å²) in [7, 11) is 0. The van der Waals surface area contributed by atoms with Crippen LogP contribution in [0.4, 0.5) is 21.9 Å². The van der Waals surface area contributed by atoms with Gasteiger partial charge in [0.15, 0.2) is 0 Å². The molecule has 2 aromatic carbocycles. The number of halogens is 2. The molecule has 0 aliphatic carbocycles. The van der Waals surface area contributed by atoms with Crippen LogP contribution in [0.15, 0.2) is 42.5 Å². The average Bonchev–Trinajstić information content (AvgIpc) is 2.45. The van der Waals surface area contributed by atoms with Crippen LogP contribution in [0.25, 0.3) is 0 Å². The number of rotatable bonds is 3. The van der Waals surface area contributed by atoms with Gasteiger partial charge in [-0.15, -0.1) is 0 Å². The molecule has 3 N–H and O–H groups in total. The van der Waals surface area contributed by atoms with Crippen molar-refractivity contribution in [2.24, 2.45) is 0 Å². The lowest BCUT2D eigenvalue weighted by atomic mass is 10.3. The Morgan fingerprint density at radius 2 is 1.32 bits per heavy atom. The van der Waals surface area contributed by atoms with Crippen LogP contribution in [-0.2, 0) is 4.79 Å². The number of carbonyl (C=O) groups is 2. The minimum atomic E-state index is -0.470. The maximum absolute atomic E-state index is 11.9. The van der Waals surface area contributed by atoms with E-state index < -0.39 is 6.03 Å². The van der Waals surface area contributed by atoms with Gasteiger partial charge in [0.1, 0.15) is 0 Å². The van der Waals surface area contributed by atoms with E-state index in [0.29, 0.717) is 27.1 Å². The number of carbonyl (C=O) groups excluding carboxylic acids is 2. The van der Waals surface area contributed by atoms with Crippen molar-refractivity contribution in [1.29, 1.82) is 0 Å². The summed E-state index contributed by atoms with van der Waals surface area (Å²) < 4.78 is 0. The second-order valence-corrected chi connectivity index (χ2v) is 5.25. The number of hydrogen-bond donors (Lipinski definition) is 3. The van der Waals surface area contributed by atoms with Gasteiger partial charge < -0.3 is 16.0 Å². The zero-order valence-electron chi connectivity index (χ0n) is 11.6. The summed E-state index contributed by atoms with van der Waals surface area (Å²) in [5.74, 6) is -0.160. The standard InChI is InChI=1S/C15H13Cl2N3O2/c1-9(21)18-10-5-7-11(8-6-10)19-15(22)20-14-12(16)3-2-4-13(14)17/h2-8H,1H3,(H,18,21)(H2,19,20,22). The van der Waals surface area contributed by atoms with Crippen molar-refractivity contribution in [3.8, 4) is 0 Å². The molecule has 0 bridgehead atoms. The molecule has 114 valence electrons. The quantitative estimate of drug-likeness (QED) is 0.766. The molecule has 0 aliphatic rings. The van der Waals surface area contributed by atoms with Gasteiger partial charge >= 0.3 is 6.03 Å². The summed E-state index contributed by atoms with van der Waals surface area (Å²) in [6, 6.07) is 11.2. The predicted molar refractivity (Wildman–Crippen MR) is 89.8 cm³/mol. The summed E-state index contributed by atoms with van der Waals surface area (Å²) in [6.07, 6.45) is 0. The van der Waals surface area contributed by atoms with Crippen LogP contribution in [0.5, 0.6) is 0 Å². The third-order valence-electron chi connectivity index (χ3n) is 2.66. The molecule has 0 aliphatic heterocycles. The molecule has 0 saturated carbocycles. The Hall–Kier alpha value is -2.24. The topological polar surface area (TPSA) is 70.2 Å². The van der Waals surface area contributed by atoms with Gasteiger partial charge in [-0.25, -0.2) is 4.79 Å². The summed E-state index contributed by atoms with van der Waals surface area (Å²) >= 11 is 12.0. The van der Waals surface area contributed by atoms with Gasteiger partial charge in [0.25, 0.3) is 0 Å². The number of nitrogens with one attached hydrogen (secondary N) is 3. The third-order valence-corrected chi connectivity index (χ3v) is 3.29. The van der Waals surface area contributed by atoms with Gasteiger partial charge in [-0.3, -0.25) is 4.79 Å². The molecule has 0 atom stereocenters. The summed E-state index contributed by atoms with van der Waals surface area (Å²) in [6.45, 7) is 1.42. The van der Waals surface area contributed by atoms with Gasteiger partial charge in [0.05, 0.1) is 15.7 Å². The number of benzene rings is 2. The molecule has 2 aromatic rings. The summed E-state index contributed by atoms with van der Waals surface area (Å²) in [5, 5.41) is 8.57. The first-order chi connectivity index (χ1) is 10.5. The largest absolute Gasteiger partial charge is 0.326 e. The molecule has 0 heterocycles. The second-order valence-electron chi connectivity index (χ2n) is 4.43. The monoisotopic (exact) mass is 337 g/mol. The molecule has 0 spiro atoms. The van der Waals surface area contributed by atoms with Crippen molar-refractivity contribution in [3.05, 3.63) is 52.5 Å². The molecular weight excluding hydrogens is 325 g/mol. The predicted octanol–water partition coefficient (Wildman–Crippen LogP) is 4.60. The summed E-state index contributed by atoms with van der Waals surface area (Å²) in [4.78, 5) is 22.9. The van der Waals surface area contributed by atoms with E-state index in [0.717, 1.165) is 0 Å². The number of urea groups is 1. The molecule has 7 heteroatoms. The van der Waals surface area contributed by atoms with Crippen molar-refractivity contribution in [2.75, 3.05) is 16.0 Å². The van der Waals surface area contributed by atoms with Crippen LogP contribution in [0.1, 0.15) is 6.92 Å². The molecule has 22 heavy (non-hydrogen) atoms. The normalized spacial score (nSPS) is 9.95. The highest BCUT2D eigenvalue weighted by molar-refractivity contribution is 6.39. The molecule has 0 radical (unpaired) electrons. The lowest BCUT2D eigenvalue weighted by Gasteiger charge is -2.11. The Balaban J connectivity index is 2.01. The molecule has 2 rings (SSSR count). The number of anilines is 3. The highest BCUT2D eigenvalue weighted by atomic mass is 35.5. The Bertz CT molecular complexity index is 682. The van der Waals surface area contributed by atoms with Crippen molar-refractivity contribution < 1.29 is 9.59 Å². The van der Waals surface area contributed by atoms with Gasteiger partial charge in [0, 0.05) is 18.3 Å². The molecule has 5 nitrogen and oxygen atoms in total. The fraction of sp³-hybridized carbons (Fsp3) is 0.0667. The van der Waals surface area contributed by atoms with Gasteiger partial charge in [-0.2, -0.15) is 0 Å². The Kier molecular flexibility index (Phi) is 5.25. The zero-order valence-corrected chi connectivity index (χ0v) is 13.1. The lowest BCUT2D eigenvalue weighted by Crippen LogP contribution is -2.19. The lowest BCUT2D eigenvalue weighted by molar-refractivity contribution is -0.114. The smallest absolute Gasteiger partial charge is 0.323 e. The van der Waals surface area contributed by atoms with E-state index in [9.17, 15) is 9.59 Å². The number of para-hydroxylation sites is 1. The molecule has 3 amide bonds. The maximum atomic E-state index is 11.9. The highest BCUT2D eigenvalue weighted by Gasteiger charge is 2.09.